The van der Waals surface area contributed by atoms with Gasteiger partial charge in [-0.3, -0.25) is 0 Å². The van der Waals surface area contributed by atoms with Gasteiger partial charge in [-0.1, -0.05) is 0 Å². The monoisotopic (exact) mass is 168 g/mol. The number of hydrogen-bond acceptors (Lipinski definition) is 1. The first kappa shape index (κ1) is 6.82. The molecule has 0 N–H and O–H groups in total. The van der Waals surface area contributed by atoms with Crippen molar-refractivity contribution in [2.75, 3.05) is 5.75 Å². The molecule has 2 atom stereocenters. The maximum Gasteiger partial charge on any atom is 0.00524 e. The molecule has 2 unspecified atom stereocenters. The quantitative estimate of drug-likeness (QED) is 0.536. The Kier molecular flexibility index (Phi) is 1.50. The largest absolute Gasteiger partial charge is 0.158 e. The molecular formula is C10H16S. The van der Waals surface area contributed by atoms with E-state index in [1.54, 1.807) is 32.1 Å². The highest BCUT2D eigenvalue weighted by molar-refractivity contribution is 7.99. The van der Waals surface area contributed by atoms with Gasteiger partial charge >= 0.3 is 0 Å². The van der Waals surface area contributed by atoms with Gasteiger partial charge in [-0.15, -0.1) is 0 Å². The lowest BCUT2D eigenvalue weighted by atomic mass is 9.69. The van der Waals surface area contributed by atoms with Crippen molar-refractivity contribution in [1.82, 2.24) is 0 Å². The lowest BCUT2D eigenvalue weighted by Crippen LogP contribution is -2.28. The third-order valence-corrected chi connectivity index (χ3v) is 5.28. The predicted octanol–water partition coefficient (Wildman–Crippen LogP) is 2.93. The molecule has 0 nitrogen and oxygen atoms in total. The molecule has 0 amide bonds. The van der Waals surface area contributed by atoms with Crippen LogP contribution in [-0.2, 0) is 0 Å². The minimum atomic E-state index is 1.08. The molecule has 4 bridgehead atoms. The van der Waals surface area contributed by atoms with Crippen molar-refractivity contribution in [3.63, 3.8) is 0 Å². The van der Waals surface area contributed by atoms with Gasteiger partial charge in [-0.2, -0.15) is 11.8 Å². The summed E-state index contributed by atoms with van der Waals surface area (Å²) in [4.78, 5) is 0. The van der Waals surface area contributed by atoms with Gasteiger partial charge in [0, 0.05) is 5.25 Å². The molecule has 0 spiro atoms. The standard InChI is InChI=1S/C10H16S/c1-7-2-9-3-8(1)5-10(4-7)11-6-9/h7-10H,1-6H2. The van der Waals surface area contributed by atoms with Crippen LogP contribution in [0.15, 0.2) is 0 Å². The molecule has 2 saturated carbocycles. The van der Waals surface area contributed by atoms with E-state index in [0.717, 1.165) is 23.0 Å². The Hall–Kier alpha value is 0.350. The van der Waals surface area contributed by atoms with E-state index < -0.39 is 0 Å². The van der Waals surface area contributed by atoms with E-state index in [1.807, 2.05) is 0 Å². The highest BCUT2D eigenvalue weighted by Crippen LogP contribution is 2.50. The molecule has 0 aromatic heterocycles. The second-order valence-electron chi connectivity index (χ2n) is 4.73. The van der Waals surface area contributed by atoms with E-state index in [2.05, 4.69) is 11.8 Å². The van der Waals surface area contributed by atoms with Gasteiger partial charge in [0.1, 0.15) is 0 Å². The summed E-state index contributed by atoms with van der Waals surface area (Å²) in [5.41, 5.74) is 0. The molecule has 2 saturated heterocycles. The third kappa shape index (κ3) is 1.12. The van der Waals surface area contributed by atoms with Gasteiger partial charge in [-0.05, 0) is 55.6 Å². The average Bonchev–Trinajstić information content (AvgIpc) is 2.18. The summed E-state index contributed by atoms with van der Waals surface area (Å²) >= 11 is 2.29. The van der Waals surface area contributed by atoms with Crippen LogP contribution in [-0.4, -0.2) is 11.0 Å². The maximum absolute atomic E-state index is 2.29. The highest BCUT2D eigenvalue weighted by atomic mass is 32.2. The molecule has 62 valence electrons. The zero-order valence-corrected chi connectivity index (χ0v) is 7.78. The SMILES string of the molecule is C1SC2CC3CC1CC(C3)C2. The Morgan fingerprint density at radius 3 is 2.09 bits per heavy atom. The van der Waals surface area contributed by atoms with Crippen LogP contribution in [0.5, 0.6) is 0 Å². The van der Waals surface area contributed by atoms with Crippen molar-refractivity contribution in [3.05, 3.63) is 0 Å². The lowest BCUT2D eigenvalue weighted by molar-refractivity contribution is 0.161. The van der Waals surface area contributed by atoms with E-state index in [-0.39, 0.29) is 0 Å². The second-order valence-corrected chi connectivity index (χ2v) is 6.07. The van der Waals surface area contributed by atoms with Crippen LogP contribution in [0.3, 0.4) is 0 Å². The molecular weight excluding hydrogens is 152 g/mol. The number of hydrogen-bond donors (Lipinski definition) is 0. The summed E-state index contributed by atoms with van der Waals surface area (Å²) in [6.07, 6.45) is 7.89. The third-order valence-electron chi connectivity index (χ3n) is 3.76. The smallest absolute Gasteiger partial charge is 0.00524 e. The molecule has 1 heteroatoms. The Balaban J connectivity index is 1.90. The topological polar surface area (TPSA) is 0 Å². The van der Waals surface area contributed by atoms with Crippen molar-refractivity contribution in [3.8, 4) is 0 Å². The van der Waals surface area contributed by atoms with Crippen LogP contribution in [0.4, 0.5) is 0 Å². The molecule has 0 radical (unpaired) electrons. The fraction of sp³-hybridized carbons (Fsp3) is 1.00. The van der Waals surface area contributed by atoms with Gasteiger partial charge in [0.2, 0.25) is 0 Å². The number of fused-ring (bicyclic) bond motifs is 1. The van der Waals surface area contributed by atoms with Crippen molar-refractivity contribution in [1.29, 1.82) is 0 Å². The molecule has 2 aliphatic carbocycles. The van der Waals surface area contributed by atoms with Crippen LogP contribution in [0.1, 0.15) is 32.1 Å². The Morgan fingerprint density at radius 1 is 0.727 bits per heavy atom. The Morgan fingerprint density at radius 2 is 1.36 bits per heavy atom. The van der Waals surface area contributed by atoms with Crippen LogP contribution in [0, 0.1) is 17.8 Å². The first-order chi connectivity index (χ1) is 5.40. The van der Waals surface area contributed by atoms with Crippen LogP contribution in [0.2, 0.25) is 0 Å². The van der Waals surface area contributed by atoms with E-state index >= 15 is 0 Å². The molecule has 2 heterocycles. The van der Waals surface area contributed by atoms with E-state index in [0.29, 0.717) is 0 Å². The summed E-state index contributed by atoms with van der Waals surface area (Å²) in [5, 5.41) is 1.08. The van der Waals surface area contributed by atoms with E-state index in [9.17, 15) is 0 Å². The van der Waals surface area contributed by atoms with Crippen molar-refractivity contribution in [2.45, 2.75) is 37.4 Å². The predicted molar refractivity (Wildman–Crippen MR) is 49.8 cm³/mol. The fourth-order valence-corrected chi connectivity index (χ4v) is 5.10. The van der Waals surface area contributed by atoms with Crippen LogP contribution in [0.25, 0.3) is 0 Å². The Labute approximate surface area is 73.1 Å². The second kappa shape index (κ2) is 2.42. The fourth-order valence-electron chi connectivity index (χ4n) is 3.47. The van der Waals surface area contributed by atoms with Gasteiger partial charge in [0.25, 0.3) is 0 Å². The number of thioether (sulfide) groups is 1. The average molecular weight is 168 g/mol. The summed E-state index contributed by atoms with van der Waals surface area (Å²) in [5.74, 6) is 4.91. The minimum absolute atomic E-state index is 1.08. The molecule has 0 aromatic carbocycles. The zero-order valence-electron chi connectivity index (χ0n) is 6.96. The van der Waals surface area contributed by atoms with Gasteiger partial charge in [0.15, 0.2) is 0 Å². The molecule has 4 aliphatic rings. The maximum atomic E-state index is 2.29. The molecule has 4 rings (SSSR count). The van der Waals surface area contributed by atoms with Crippen molar-refractivity contribution >= 4 is 11.8 Å². The Bertz CT molecular complexity index is 132. The molecule has 0 aromatic rings. The zero-order chi connectivity index (χ0) is 7.26. The van der Waals surface area contributed by atoms with Crippen molar-refractivity contribution < 1.29 is 0 Å². The molecule has 11 heavy (non-hydrogen) atoms. The van der Waals surface area contributed by atoms with Gasteiger partial charge < -0.3 is 0 Å². The molecule has 4 fully saturated rings. The number of rotatable bonds is 0. The lowest BCUT2D eigenvalue weighted by Gasteiger charge is -2.37. The molecule has 2 aliphatic heterocycles. The van der Waals surface area contributed by atoms with Crippen molar-refractivity contribution in [2.24, 2.45) is 17.8 Å². The minimum Gasteiger partial charge on any atom is -0.158 e. The van der Waals surface area contributed by atoms with Gasteiger partial charge in [-0.25, -0.2) is 0 Å². The van der Waals surface area contributed by atoms with E-state index in [4.69, 9.17) is 0 Å². The summed E-state index contributed by atoms with van der Waals surface area (Å²) in [6.45, 7) is 0. The summed E-state index contributed by atoms with van der Waals surface area (Å²) in [6, 6.07) is 0. The van der Waals surface area contributed by atoms with Crippen LogP contribution >= 0.6 is 11.8 Å². The normalized spacial score (nSPS) is 54.5. The van der Waals surface area contributed by atoms with Gasteiger partial charge in [0.05, 0.1) is 0 Å². The first-order valence-electron chi connectivity index (χ1n) is 5.02. The van der Waals surface area contributed by atoms with Crippen LogP contribution < -0.4 is 0 Å². The summed E-state index contributed by atoms with van der Waals surface area (Å²) in [7, 11) is 0. The van der Waals surface area contributed by atoms with E-state index in [1.165, 1.54) is 5.75 Å². The first-order valence-corrected chi connectivity index (χ1v) is 6.06. The summed E-state index contributed by atoms with van der Waals surface area (Å²) < 4.78 is 0. The highest BCUT2D eigenvalue weighted by Gasteiger charge is 2.39.